The van der Waals surface area contributed by atoms with Crippen LogP contribution in [-0.4, -0.2) is 59.7 Å². The molecular formula is C29H55NO6Si2. The van der Waals surface area contributed by atoms with Gasteiger partial charge in [0.05, 0.1) is 18.8 Å². The average molecular weight is 570 g/mol. The fourth-order valence-corrected chi connectivity index (χ4v) is 6.57. The van der Waals surface area contributed by atoms with Gasteiger partial charge in [0.15, 0.2) is 16.6 Å². The van der Waals surface area contributed by atoms with Crippen LogP contribution >= 0.6 is 0 Å². The SMILES string of the molecule is CCC(=O)N[C@H](/C=C(\C)CO[Si](C)(C)C(C)(C)C)[C@]1(C)C(=O)O[C@H](CC=O)[C@@H](C)[C@@H]1O[Si](C)(C)C(C)(C)C. The number of cyclic esters (lactones) is 1. The second-order valence-corrected chi connectivity index (χ2v) is 23.8. The Morgan fingerprint density at radius 2 is 1.63 bits per heavy atom. The smallest absolute Gasteiger partial charge is 0.317 e. The standard InChI is InChI=1S/C29H55NO6Si2/c1-15-24(32)30-23(18-20(2)19-34-37(11,12)27(4,5)6)29(10)25(36-38(13,14)28(7,8)9)21(3)22(16-17-31)35-26(29)33/h17-18,21-23,25H,15-16,19H2,1-14H3,(H,30,32)/b20-18+/t21-,22-,23-,25+,29+/m1/s1. The quantitative estimate of drug-likeness (QED) is 0.134. The summed E-state index contributed by atoms with van der Waals surface area (Å²) in [5.74, 6) is -0.857. The highest BCUT2D eigenvalue weighted by molar-refractivity contribution is 6.74. The van der Waals surface area contributed by atoms with Crippen molar-refractivity contribution in [2.75, 3.05) is 6.61 Å². The van der Waals surface area contributed by atoms with Crippen LogP contribution in [0.2, 0.25) is 36.3 Å². The second kappa shape index (κ2) is 12.5. The van der Waals surface area contributed by atoms with Crippen molar-refractivity contribution in [1.29, 1.82) is 0 Å². The van der Waals surface area contributed by atoms with Gasteiger partial charge in [-0.3, -0.25) is 9.59 Å². The highest BCUT2D eigenvalue weighted by atomic mass is 28.4. The number of esters is 1. The maximum Gasteiger partial charge on any atom is 0.317 e. The lowest BCUT2D eigenvalue weighted by Crippen LogP contribution is -2.66. The van der Waals surface area contributed by atoms with Crippen LogP contribution in [0.25, 0.3) is 0 Å². The van der Waals surface area contributed by atoms with Gasteiger partial charge in [-0.2, -0.15) is 0 Å². The Morgan fingerprint density at radius 1 is 1.11 bits per heavy atom. The summed E-state index contributed by atoms with van der Waals surface area (Å²) >= 11 is 0. The molecule has 0 aromatic rings. The summed E-state index contributed by atoms with van der Waals surface area (Å²) in [6.07, 6.45) is 2.00. The number of nitrogens with one attached hydrogen (secondary N) is 1. The van der Waals surface area contributed by atoms with E-state index in [1.807, 2.05) is 26.8 Å². The predicted octanol–water partition coefficient (Wildman–Crippen LogP) is 6.40. The summed E-state index contributed by atoms with van der Waals surface area (Å²) < 4.78 is 19.3. The van der Waals surface area contributed by atoms with Gasteiger partial charge in [-0.1, -0.05) is 67.0 Å². The lowest BCUT2D eigenvalue weighted by Gasteiger charge is -2.52. The van der Waals surface area contributed by atoms with Crippen molar-refractivity contribution in [3.05, 3.63) is 11.6 Å². The van der Waals surface area contributed by atoms with E-state index in [2.05, 4.69) is 73.0 Å². The molecule has 1 N–H and O–H groups in total. The molecule has 1 rings (SSSR count). The van der Waals surface area contributed by atoms with Gasteiger partial charge in [0.2, 0.25) is 5.91 Å². The third kappa shape index (κ3) is 7.89. The fourth-order valence-electron chi connectivity index (χ4n) is 4.10. The zero-order valence-corrected chi connectivity index (χ0v) is 28.5. The lowest BCUT2D eigenvalue weighted by molar-refractivity contribution is -0.194. The van der Waals surface area contributed by atoms with E-state index >= 15 is 0 Å². The van der Waals surface area contributed by atoms with Gasteiger partial charge in [0.25, 0.3) is 0 Å². The van der Waals surface area contributed by atoms with E-state index in [0.717, 1.165) is 11.9 Å². The molecule has 0 spiro atoms. The monoisotopic (exact) mass is 569 g/mol. The minimum Gasteiger partial charge on any atom is -0.461 e. The molecule has 1 heterocycles. The summed E-state index contributed by atoms with van der Waals surface area (Å²) in [5.41, 5.74) is -0.267. The first kappa shape index (κ1) is 34.7. The van der Waals surface area contributed by atoms with Gasteiger partial charge in [-0.15, -0.1) is 0 Å². The number of amides is 1. The van der Waals surface area contributed by atoms with Crippen molar-refractivity contribution >= 4 is 34.8 Å². The summed E-state index contributed by atoms with van der Waals surface area (Å²) in [5, 5.41) is 3.06. The number of carbonyl (C=O) groups excluding carboxylic acids is 3. The van der Waals surface area contributed by atoms with Gasteiger partial charge < -0.3 is 23.7 Å². The molecule has 1 amide bonds. The largest absolute Gasteiger partial charge is 0.461 e. The van der Waals surface area contributed by atoms with Gasteiger partial charge in [0.1, 0.15) is 17.8 Å². The summed E-state index contributed by atoms with van der Waals surface area (Å²) in [6, 6.07) is -0.667. The summed E-state index contributed by atoms with van der Waals surface area (Å²) in [6.45, 7) is 29.8. The number of ether oxygens (including phenoxy) is 1. The van der Waals surface area contributed by atoms with Crippen LogP contribution in [0.5, 0.6) is 0 Å². The molecule has 1 fully saturated rings. The van der Waals surface area contributed by atoms with Crippen LogP contribution in [0.15, 0.2) is 11.6 Å². The van der Waals surface area contributed by atoms with Crippen LogP contribution in [0.3, 0.4) is 0 Å². The molecule has 1 aliphatic rings. The zero-order valence-electron chi connectivity index (χ0n) is 26.5. The van der Waals surface area contributed by atoms with Gasteiger partial charge >= 0.3 is 5.97 Å². The number of rotatable bonds is 11. The highest BCUT2D eigenvalue weighted by Crippen LogP contribution is 2.47. The fraction of sp³-hybridized carbons (Fsp3) is 0.828. The Kier molecular flexibility index (Phi) is 11.4. The topological polar surface area (TPSA) is 90.9 Å². The number of carbonyl (C=O) groups is 3. The maximum atomic E-state index is 13.8. The van der Waals surface area contributed by atoms with E-state index in [0.29, 0.717) is 6.61 Å². The van der Waals surface area contributed by atoms with E-state index in [9.17, 15) is 14.4 Å². The molecule has 0 saturated carbocycles. The molecule has 220 valence electrons. The molecule has 9 heteroatoms. The number of hydrogen-bond donors (Lipinski definition) is 1. The summed E-state index contributed by atoms with van der Waals surface area (Å²) in [4.78, 5) is 38.0. The highest BCUT2D eigenvalue weighted by Gasteiger charge is 2.59. The Labute approximate surface area is 234 Å². The molecular weight excluding hydrogens is 514 g/mol. The van der Waals surface area contributed by atoms with Crippen molar-refractivity contribution in [3.63, 3.8) is 0 Å². The van der Waals surface area contributed by atoms with Gasteiger partial charge in [0, 0.05) is 18.8 Å². The van der Waals surface area contributed by atoms with E-state index in [4.69, 9.17) is 13.6 Å². The van der Waals surface area contributed by atoms with Crippen LogP contribution in [-0.2, 0) is 28.0 Å². The first-order valence-electron chi connectivity index (χ1n) is 14.0. The Balaban J connectivity index is 3.63. The van der Waals surface area contributed by atoms with Crippen molar-refractivity contribution in [2.45, 2.75) is 137 Å². The summed E-state index contributed by atoms with van der Waals surface area (Å²) in [7, 11) is -4.35. The Bertz CT molecular complexity index is 886. The van der Waals surface area contributed by atoms with Crippen LogP contribution in [0.1, 0.15) is 82.1 Å². The zero-order chi connectivity index (χ0) is 29.9. The van der Waals surface area contributed by atoms with Crippen LogP contribution in [0.4, 0.5) is 0 Å². The molecule has 38 heavy (non-hydrogen) atoms. The molecule has 0 aromatic carbocycles. The molecule has 0 aromatic heterocycles. The van der Waals surface area contributed by atoms with Crippen LogP contribution < -0.4 is 5.32 Å². The molecule has 1 saturated heterocycles. The van der Waals surface area contributed by atoms with Crippen molar-refractivity contribution in [2.24, 2.45) is 11.3 Å². The van der Waals surface area contributed by atoms with Gasteiger partial charge in [-0.25, -0.2) is 0 Å². The van der Waals surface area contributed by atoms with E-state index < -0.39 is 46.3 Å². The third-order valence-corrected chi connectivity index (χ3v) is 18.0. The molecule has 0 bridgehead atoms. The molecule has 0 radical (unpaired) electrons. The Morgan fingerprint density at radius 3 is 2.08 bits per heavy atom. The van der Waals surface area contributed by atoms with Crippen molar-refractivity contribution in [1.82, 2.24) is 5.32 Å². The molecule has 7 nitrogen and oxygen atoms in total. The van der Waals surface area contributed by atoms with E-state index in [1.54, 1.807) is 6.92 Å². The maximum absolute atomic E-state index is 13.8. The second-order valence-electron chi connectivity index (χ2n) is 14.2. The lowest BCUT2D eigenvalue weighted by atomic mass is 9.68. The Hall–Kier alpha value is -1.30. The van der Waals surface area contributed by atoms with Crippen molar-refractivity contribution < 1.29 is 28.0 Å². The minimum absolute atomic E-state index is 0.0629. The van der Waals surface area contributed by atoms with E-state index in [-0.39, 0.29) is 34.7 Å². The minimum atomic E-state index is -2.35. The number of aldehydes is 1. The van der Waals surface area contributed by atoms with Crippen LogP contribution in [0, 0.1) is 11.3 Å². The molecule has 1 aliphatic heterocycles. The molecule has 5 atom stereocenters. The van der Waals surface area contributed by atoms with Gasteiger partial charge in [-0.05, 0) is 50.1 Å². The van der Waals surface area contributed by atoms with Crippen molar-refractivity contribution in [3.8, 4) is 0 Å². The first-order valence-corrected chi connectivity index (χ1v) is 19.8. The van der Waals surface area contributed by atoms with E-state index in [1.165, 1.54) is 0 Å². The average Bonchev–Trinajstić information content (AvgIpc) is 2.77. The molecule has 0 aliphatic carbocycles. The third-order valence-electron chi connectivity index (χ3n) is 9.11. The first-order chi connectivity index (χ1) is 17.0. The normalized spacial score (nSPS) is 26.5. The molecule has 0 unspecified atom stereocenters. The number of hydrogen-bond acceptors (Lipinski definition) is 6. The predicted molar refractivity (Wildman–Crippen MR) is 159 cm³/mol.